The topological polar surface area (TPSA) is 46.7 Å². The van der Waals surface area contributed by atoms with Gasteiger partial charge in [-0.3, -0.25) is 0 Å². The van der Waals surface area contributed by atoms with E-state index in [2.05, 4.69) is 45.9 Å². The molecule has 120 valence electrons. The van der Waals surface area contributed by atoms with Crippen LogP contribution < -0.4 is 19.9 Å². The molecule has 0 spiro atoms. The van der Waals surface area contributed by atoms with Gasteiger partial charge in [-0.1, -0.05) is 6.07 Å². The van der Waals surface area contributed by atoms with Crippen molar-refractivity contribution in [2.75, 3.05) is 18.0 Å². The first-order valence-electron chi connectivity index (χ1n) is 7.36. The summed E-state index contributed by atoms with van der Waals surface area (Å²) in [6.45, 7) is 4.35. The van der Waals surface area contributed by atoms with Crippen LogP contribution in [-0.4, -0.2) is 18.8 Å². The quantitative estimate of drug-likeness (QED) is 0.635. The Morgan fingerprint density at radius 2 is 2.26 bits per heavy atom. The molecule has 1 aromatic heterocycles. The zero-order valence-electron chi connectivity index (χ0n) is 13.3. The summed E-state index contributed by atoms with van der Waals surface area (Å²) in [6, 6.07) is 8.39. The van der Waals surface area contributed by atoms with E-state index in [9.17, 15) is 5.11 Å². The summed E-state index contributed by atoms with van der Waals surface area (Å²) in [5.41, 5.74) is 2.85. The number of ether oxygens (including phenoxy) is 1. The number of hydrogen-bond donors (Lipinski definition) is 2. The first-order chi connectivity index (χ1) is 11.1. The van der Waals surface area contributed by atoms with Crippen molar-refractivity contribution in [1.82, 2.24) is 0 Å². The maximum Gasteiger partial charge on any atom is 0.352 e. The van der Waals surface area contributed by atoms with Crippen LogP contribution >= 0.6 is 23.3 Å². The molecular formula is C17H19N2O2S2+. The minimum atomic E-state index is -0.0686. The first-order valence-corrected chi connectivity index (χ1v) is 9.01. The highest BCUT2D eigenvalue weighted by molar-refractivity contribution is 8.02. The SMILES string of the molecule is CCOC(O)=C1C=c2cc(C)cc(N(C)Sc3cccs3)c2=[NH+]1. The Morgan fingerprint density at radius 1 is 1.43 bits per heavy atom. The van der Waals surface area contributed by atoms with Crippen molar-refractivity contribution >= 4 is 35.0 Å². The smallest absolute Gasteiger partial charge is 0.352 e. The van der Waals surface area contributed by atoms with Gasteiger partial charge >= 0.3 is 5.95 Å². The highest BCUT2D eigenvalue weighted by Gasteiger charge is 2.20. The van der Waals surface area contributed by atoms with Gasteiger partial charge in [0.05, 0.1) is 16.0 Å². The molecule has 1 aliphatic heterocycles. The van der Waals surface area contributed by atoms with E-state index in [0.717, 1.165) is 16.3 Å². The van der Waals surface area contributed by atoms with Gasteiger partial charge in [-0.2, -0.15) is 4.99 Å². The normalized spacial score (nSPS) is 14.7. The molecule has 0 aliphatic carbocycles. The van der Waals surface area contributed by atoms with Gasteiger partial charge in [0.2, 0.25) is 5.36 Å². The van der Waals surface area contributed by atoms with Crippen LogP contribution in [0.3, 0.4) is 0 Å². The Bertz CT molecular complexity index is 857. The Balaban J connectivity index is 2.04. The van der Waals surface area contributed by atoms with Gasteiger partial charge in [-0.15, -0.1) is 11.3 Å². The van der Waals surface area contributed by atoms with Gasteiger partial charge in [0, 0.05) is 13.1 Å². The van der Waals surface area contributed by atoms with Crippen LogP contribution in [0.4, 0.5) is 5.69 Å². The van der Waals surface area contributed by atoms with Gasteiger partial charge in [0.25, 0.3) is 5.70 Å². The van der Waals surface area contributed by atoms with Crippen molar-refractivity contribution in [3.05, 3.63) is 57.4 Å². The number of allylic oxidation sites excluding steroid dienone is 1. The van der Waals surface area contributed by atoms with Crippen molar-refractivity contribution in [3.63, 3.8) is 0 Å². The highest BCUT2D eigenvalue weighted by Crippen LogP contribution is 2.28. The monoisotopic (exact) mass is 347 g/mol. The fourth-order valence-electron chi connectivity index (χ4n) is 2.45. The maximum atomic E-state index is 9.97. The molecule has 0 radical (unpaired) electrons. The molecule has 0 fully saturated rings. The number of rotatable bonds is 5. The van der Waals surface area contributed by atoms with Gasteiger partial charge in [0.15, 0.2) is 0 Å². The lowest BCUT2D eigenvalue weighted by molar-refractivity contribution is -0.436. The van der Waals surface area contributed by atoms with Crippen LogP contribution in [0.5, 0.6) is 0 Å². The number of anilines is 1. The summed E-state index contributed by atoms with van der Waals surface area (Å²) in [6.07, 6.45) is 1.92. The summed E-state index contributed by atoms with van der Waals surface area (Å²) in [4.78, 5) is 3.27. The van der Waals surface area contributed by atoms with E-state index in [1.165, 1.54) is 9.77 Å². The summed E-state index contributed by atoms with van der Waals surface area (Å²) in [5, 5.41) is 14.1. The van der Waals surface area contributed by atoms with Crippen LogP contribution in [0.25, 0.3) is 6.08 Å². The maximum absolute atomic E-state index is 9.97. The standard InChI is InChI=1S/C17H18N2O2S2/c1-4-21-17(20)13-10-12-8-11(2)9-14(16(12)18-13)19(3)23-15-6-5-7-22-15/h5-10,20H,4H2,1-3H3/p+1. The van der Waals surface area contributed by atoms with Crippen LogP contribution in [0, 0.1) is 6.92 Å². The summed E-state index contributed by atoms with van der Waals surface area (Å²) in [5.74, 6) is -0.0686. The van der Waals surface area contributed by atoms with Crippen molar-refractivity contribution in [2.45, 2.75) is 18.1 Å². The lowest BCUT2D eigenvalue weighted by atomic mass is 10.1. The van der Waals surface area contributed by atoms with E-state index in [1.54, 1.807) is 23.3 Å². The minimum Gasteiger partial charge on any atom is -0.476 e. The molecule has 0 bridgehead atoms. The molecule has 2 heterocycles. The van der Waals surface area contributed by atoms with E-state index in [4.69, 9.17) is 4.74 Å². The van der Waals surface area contributed by atoms with Crippen LogP contribution in [0.1, 0.15) is 12.5 Å². The molecular weight excluding hydrogens is 328 g/mol. The molecule has 2 N–H and O–H groups in total. The third-order valence-electron chi connectivity index (χ3n) is 3.42. The zero-order valence-corrected chi connectivity index (χ0v) is 14.9. The highest BCUT2D eigenvalue weighted by atomic mass is 32.2. The summed E-state index contributed by atoms with van der Waals surface area (Å²) < 4.78 is 8.57. The number of aliphatic hydroxyl groups is 1. The van der Waals surface area contributed by atoms with Gasteiger partial charge in [-0.05, 0) is 54.9 Å². The minimum absolute atomic E-state index is 0.0686. The average Bonchev–Trinajstić information content (AvgIpc) is 3.15. The fourth-order valence-corrected chi connectivity index (χ4v) is 4.22. The second-order valence-electron chi connectivity index (χ2n) is 5.19. The molecule has 4 nitrogen and oxygen atoms in total. The number of aryl methyl sites for hydroxylation is 1. The molecule has 6 heteroatoms. The van der Waals surface area contributed by atoms with Crippen molar-refractivity contribution < 1.29 is 14.8 Å². The largest absolute Gasteiger partial charge is 0.476 e. The van der Waals surface area contributed by atoms with Crippen molar-refractivity contribution in [3.8, 4) is 0 Å². The molecule has 1 aliphatic rings. The molecule has 0 atom stereocenters. The third-order valence-corrected chi connectivity index (χ3v) is 5.39. The Morgan fingerprint density at radius 3 is 2.96 bits per heavy atom. The van der Waals surface area contributed by atoms with Gasteiger partial charge in [0.1, 0.15) is 5.69 Å². The van der Waals surface area contributed by atoms with Crippen molar-refractivity contribution in [1.29, 1.82) is 0 Å². The van der Waals surface area contributed by atoms with E-state index in [0.29, 0.717) is 12.3 Å². The number of aliphatic hydroxyl groups excluding tert-OH is 1. The summed E-state index contributed by atoms with van der Waals surface area (Å²) >= 11 is 3.41. The van der Waals surface area contributed by atoms with Gasteiger partial charge < -0.3 is 14.1 Å². The molecule has 0 saturated carbocycles. The molecule has 1 aromatic carbocycles. The molecule has 0 amide bonds. The molecule has 0 unspecified atom stereocenters. The summed E-state index contributed by atoms with van der Waals surface area (Å²) in [7, 11) is 2.05. The molecule has 23 heavy (non-hydrogen) atoms. The lowest BCUT2D eigenvalue weighted by Crippen LogP contribution is -2.75. The number of nitrogens with one attached hydrogen (secondary N) is 1. The number of hydrogen-bond acceptors (Lipinski definition) is 5. The van der Waals surface area contributed by atoms with E-state index < -0.39 is 0 Å². The second kappa shape index (κ2) is 6.68. The van der Waals surface area contributed by atoms with E-state index in [-0.39, 0.29) is 5.95 Å². The Kier molecular flexibility index (Phi) is 4.63. The molecule has 3 rings (SSSR count). The fraction of sp³-hybridized carbons (Fsp3) is 0.235. The number of fused-ring (bicyclic) bond motifs is 1. The van der Waals surface area contributed by atoms with E-state index in [1.807, 2.05) is 20.0 Å². The van der Waals surface area contributed by atoms with Crippen LogP contribution in [-0.2, 0) is 4.74 Å². The molecule has 0 saturated heterocycles. The Hall–Kier alpha value is -1.92. The zero-order chi connectivity index (χ0) is 16.4. The second-order valence-corrected chi connectivity index (χ2v) is 7.57. The molecule has 2 aromatic rings. The van der Waals surface area contributed by atoms with Gasteiger partial charge in [-0.25, -0.2) is 0 Å². The lowest BCUT2D eigenvalue weighted by Gasteiger charge is -2.15. The number of benzene rings is 1. The Labute approximate surface area is 143 Å². The average molecular weight is 347 g/mol. The number of thiophene rings is 1. The van der Waals surface area contributed by atoms with E-state index >= 15 is 0 Å². The predicted octanol–water partition coefficient (Wildman–Crippen LogP) is 1.46. The van der Waals surface area contributed by atoms with Crippen LogP contribution in [0.2, 0.25) is 0 Å². The van der Waals surface area contributed by atoms with Crippen molar-refractivity contribution in [2.24, 2.45) is 0 Å². The van der Waals surface area contributed by atoms with Crippen LogP contribution in [0.15, 0.2) is 45.5 Å². The number of nitrogens with zero attached hydrogens (tertiary/aromatic N) is 1. The third kappa shape index (κ3) is 3.38. The predicted molar refractivity (Wildman–Crippen MR) is 94.8 cm³/mol. The first kappa shape index (κ1) is 16.0.